The third-order valence-corrected chi connectivity index (χ3v) is 9.22. The van der Waals surface area contributed by atoms with E-state index in [1.54, 1.807) is 12.1 Å². The van der Waals surface area contributed by atoms with Crippen LogP contribution in [0, 0.1) is 5.92 Å². The van der Waals surface area contributed by atoms with Gasteiger partial charge in [-0.05, 0) is 61.3 Å². The lowest BCUT2D eigenvalue weighted by molar-refractivity contribution is -0.133. The van der Waals surface area contributed by atoms with Gasteiger partial charge in [0.1, 0.15) is 5.54 Å². The molecule has 1 atom stereocenters. The van der Waals surface area contributed by atoms with Crippen molar-refractivity contribution in [2.75, 3.05) is 25.9 Å². The number of sulfone groups is 1. The monoisotopic (exact) mass is 552 g/mol. The molecule has 0 radical (unpaired) electrons. The molecule has 1 saturated carbocycles. The van der Waals surface area contributed by atoms with Crippen LogP contribution in [0.25, 0.3) is 0 Å². The quantitative estimate of drug-likeness (QED) is 0.438. The molecule has 2 heterocycles. The zero-order chi connectivity index (χ0) is 27.6. The molecule has 3 fully saturated rings. The molecule has 1 spiro atoms. The fraction of sp³-hybridized carbons (Fsp3) is 0.483. The Hall–Kier alpha value is -3.24. The predicted molar refractivity (Wildman–Crippen MR) is 146 cm³/mol. The molecule has 0 aromatic heterocycles. The molecule has 10 heteroatoms. The Morgan fingerprint density at radius 2 is 1.72 bits per heavy atom. The second-order valence-electron chi connectivity index (χ2n) is 11.1. The molecule has 2 aromatic carbocycles. The van der Waals surface area contributed by atoms with Crippen LogP contribution in [0.1, 0.15) is 55.7 Å². The van der Waals surface area contributed by atoms with Crippen molar-refractivity contribution in [3.63, 3.8) is 0 Å². The fourth-order valence-electron chi connectivity index (χ4n) is 5.50. The minimum Gasteiger partial charge on any atom is -0.349 e. The van der Waals surface area contributed by atoms with Crippen LogP contribution in [-0.4, -0.2) is 67.5 Å². The number of hydrogen-bond donors (Lipinski definition) is 2. The first kappa shape index (κ1) is 27.3. The highest BCUT2D eigenvalue weighted by atomic mass is 32.2. The van der Waals surface area contributed by atoms with Crippen LogP contribution in [0.5, 0.6) is 0 Å². The maximum atomic E-state index is 13.4. The number of nitrogens with zero attached hydrogens (tertiary/aromatic N) is 2. The highest BCUT2D eigenvalue weighted by Gasteiger charge is 2.52. The van der Waals surface area contributed by atoms with E-state index in [2.05, 4.69) is 15.5 Å². The molecule has 0 bridgehead atoms. The van der Waals surface area contributed by atoms with Crippen molar-refractivity contribution in [3.8, 4) is 0 Å². The van der Waals surface area contributed by atoms with Crippen LogP contribution in [0.15, 0.2) is 59.5 Å². The van der Waals surface area contributed by atoms with E-state index >= 15 is 0 Å². The molecule has 2 N–H and O–H groups in total. The summed E-state index contributed by atoms with van der Waals surface area (Å²) >= 11 is 0. The van der Waals surface area contributed by atoms with E-state index in [1.807, 2.05) is 30.3 Å². The highest BCUT2D eigenvalue weighted by molar-refractivity contribution is 7.90. The molecule has 39 heavy (non-hydrogen) atoms. The summed E-state index contributed by atoms with van der Waals surface area (Å²) in [6, 6.07) is 15.8. The van der Waals surface area contributed by atoms with Gasteiger partial charge in [-0.3, -0.25) is 14.5 Å². The van der Waals surface area contributed by atoms with Crippen molar-refractivity contribution < 1.29 is 22.8 Å². The SMILES string of the molecule is CS(=O)(=O)c1ccc(CN2C(=O)NC3(CCN(CCC(NC(=O)CC4CC4)c4ccccc4)CC3)C2=O)cc1. The van der Waals surface area contributed by atoms with E-state index in [0.29, 0.717) is 43.8 Å². The van der Waals surface area contributed by atoms with Gasteiger partial charge in [0.05, 0.1) is 17.5 Å². The van der Waals surface area contributed by atoms with Gasteiger partial charge in [-0.25, -0.2) is 13.2 Å². The number of imide groups is 1. The molecule has 1 unspecified atom stereocenters. The van der Waals surface area contributed by atoms with E-state index in [-0.39, 0.29) is 29.3 Å². The van der Waals surface area contributed by atoms with Crippen molar-refractivity contribution in [1.82, 2.24) is 20.4 Å². The molecule has 2 aromatic rings. The van der Waals surface area contributed by atoms with Gasteiger partial charge in [-0.1, -0.05) is 42.5 Å². The number of hydrogen-bond acceptors (Lipinski definition) is 6. The van der Waals surface area contributed by atoms with Gasteiger partial charge < -0.3 is 15.5 Å². The minimum atomic E-state index is -3.32. The Kier molecular flexibility index (Phi) is 7.77. The molecule has 3 aliphatic rings. The summed E-state index contributed by atoms with van der Waals surface area (Å²) in [6.45, 7) is 2.21. The van der Waals surface area contributed by atoms with Gasteiger partial charge in [0, 0.05) is 32.3 Å². The van der Waals surface area contributed by atoms with Crippen LogP contribution in [0.2, 0.25) is 0 Å². The zero-order valence-electron chi connectivity index (χ0n) is 22.3. The van der Waals surface area contributed by atoms with Crippen molar-refractivity contribution in [2.24, 2.45) is 5.92 Å². The second kappa shape index (κ2) is 11.1. The fourth-order valence-corrected chi connectivity index (χ4v) is 6.13. The van der Waals surface area contributed by atoms with Crippen LogP contribution in [0.3, 0.4) is 0 Å². The molecule has 5 rings (SSSR count). The molecule has 2 saturated heterocycles. The van der Waals surface area contributed by atoms with Gasteiger partial charge in [-0.15, -0.1) is 0 Å². The third-order valence-electron chi connectivity index (χ3n) is 8.09. The Balaban J connectivity index is 1.16. The molecular weight excluding hydrogens is 516 g/mol. The van der Waals surface area contributed by atoms with Crippen LogP contribution >= 0.6 is 0 Å². The summed E-state index contributed by atoms with van der Waals surface area (Å²) in [5.74, 6) is 0.411. The average molecular weight is 553 g/mol. The number of likely N-dealkylation sites (tertiary alicyclic amines) is 1. The Morgan fingerprint density at radius 3 is 2.33 bits per heavy atom. The number of carbonyl (C=O) groups excluding carboxylic acids is 3. The van der Waals surface area contributed by atoms with E-state index in [4.69, 9.17) is 0 Å². The van der Waals surface area contributed by atoms with Crippen LogP contribution in [-0.2, 0) is 26.0 Å². The first-order valence-corrected chi connectivity index (χ1v) is 15.5. The van der Waals surface area contributed by atoms with E-state index in [0.717, 1.165) is 37.6 Å². The van der Waals surface area contributed by atoms with Crippen molar-refractivity contribution >= 4 is 27.7 Å². The van der Waals surface area contributed by atoms with Crippen molar-refractivity contribution in [1.29, 1.82) is 0 Å². The topological polar surface area (TPSA) is 116 Å². The number of urea groups is 1. The summed E-state index contributed by atoms with van der Waals surface area (Å²) < 4.78 is 23.4. The Bertz CT molecular complexity index is 1320. The van der Waals surface area contributed by atoms with Crippen LogP contribution < -0.4 is 10.6 Å². The number of rotatable bonds is 10. The van der Waals surface area contributed by atoms with E-state index < -0.39 is 21.4 Å². The second-order valence-corrected chi connectivity index (χ2v) is 13.1. The molecule has 2 aliphatic heterocycles. The van der Waals surface area contributed by atoms with Gasteiger partial charge in [0.25, 0.3) is 5.91 Å². The number of piperidine rings is 1. The summed E-state index contributed by atoms with van der Waals surface area (Å²) in [4.78, 5) is 42.4. The van der Waals surface area contributed by atoms with Gasteiger partial charge in [0.15, 0.2) is 9.84 Å². The zero-order valence-corrected chi connectivity index (χ0v) is 23.1. The maximum Gasteiger partial charge on any atom is 0.325 e. The predicted octanol–water partition coefficient (Wildman–Crippen LogP) is 3.02. The van der Waals surface area contributed by atoms with Crippen molar-refractivity contribution in [3.05, 3.63) is 65.7 Å². The Labute approximate surface area is 229 Å². The molecule has 9 nitrogen and oxygen atoms in total. The highest BCUT2D eigenvalue weighted by Crippen LogP contribution is 2.33. The van der Waals surface area contributed by atoms with E-state index in [9.17, 15) is 22.8 Å². The largest absolute Gasteiger partial charge is 0.349 e. The lowest BCUT2D eigenvalue weighted by atomic mass is 9.87. The minimum absolute atomic E-state index is 0.0641. The summed E-state index contributed by atoms with van der Waals surface area (Å²) in [7, 11) is -3.32. The van der Waals surface area contributed by atoms with Crippen molar-refractivity contribution in [2.45, 2.75) is 61.5 Å². The first-order valence-electron chi connectivity index (χ1n) is 13.6. The number of carbonyl (C=O) groups is 3. The standard InChI is InChI=1S/C29H36N4O5S/c1-39(37,38)24-11-9-22(10-12-24)20-33-27(35)29(31-28(33)36)14-17-32(18-15-29)16-13-25(23-5-3-2-4-6-23)30-26(34)19-21-7-8-21/h2-6,9-12,21,25H,7-8,13-20H2,1H3,(H,30,34)(H,31,36). The number of amides is 4. The summed E-state index contributed by atoms with van der Waals surface area (Å²) in [5.41, 5.74) is 0.877. The lowest BCUT2D eigenvalue weighted by Crippen LogP contribution is -2.55. The number of nitrogens with one attached hydrogen (secondary N) is 2. The summed E-state index contributed by atoms with van der Waals surface area (Å²) in [5, 5.41) is 6.17. The first-order chi connectivity index (χ1) is 18.6. The average Bonchev–Trinajstić information content (AvgIpc) is 3.70. The van der Waals surface area contributed by atoms with Crippen LogP contribution in [0.4, 0.5) is 4.79 Å². The lowest BCUT2D eigenvalue weighted by Gasteiger charge is -2.37. The maximum absolute atomic E-state index is 13.4. The van der Waals surface area contributed by atoms with Gasteiger partial charge in [0.2, 0.25) is 5.91 Å². The molecule has 208 valence electrons. The number of benzene rings is 2. The van der Waals surface area contributed by atoms with E-state index in [1.165, 1.54) is 17.0 Å². The smallest absolute Gasteiger partial charge is 0.325 e. The Morgan fingerprint density at radius 1 is 1.05 bits per heavy atom. The molecule has 1 aliphatic carbocycles. The van der Waals surface area contributed by atoms with Gasteiger partial charge in [-0.2, -0.15) is 0 Å². The third kappa shape index (κ3) is 6.50. The van der Waals surface area contributed by atoms with Gasteiger partial charge >= 0.3 is 6.03 Å². The normalized spacial score (nSPS) is 20.2. The molecule has 4 amide bonds. The molecular formula is C29H36N4O5S. The summed E-state index contributed by atoms with van der Waals surface area (Å²) in [6.07, 6.45) is 5.82.